The van der Waals surface area contributed by atoms with Gasteiger partial charge in [0.05, 0.1) is 0 Å². The van der Waals surface area contributed by atoms with Crippen molar-refractivity contribution in [2.24, 2.45) is 0 Å². The number of piperidine rings is 1. The summed E-state index contributed by atoms with van der Waals surface area (Å²) in [5.41, 5.74) is 1.62. The first-order valence-electron chi connectivity index (χ1n) is 5.94. The first-order chi connectivity index (χ1) is 8.16. The largest absolute Gasteiger partial charge is 0.349 e. The fourth-order valence-electron chi connectivity index (χ4n) is 2.02. The Kier molecular flexibility index (Phi) is 5.93. The van der Waals surface area contributed by atoms with E-state index in [0.717, 1.165) is 31.5 Å². The van der Waals surface area contributed by atoms with E-state index in [1.165, 1.54) is 0 Å². The summed E-state index contributed by atoms with van der Waals surface area (Å²) in [5, 5.41) is 7.03. The zero-order valence-corrected chi connectivity index (χ0v) is 11.9. The van der Waals surface area contributed by atoms with Crippen LogP contribution in [-0.4, -0.2) is 25.0 Å². The van der Waals surface area contributed by atoms with E-state index < -0.39 is 0 Å². The van der Waals surface area contributed by atoms with Crippen molar-refractivity contribution < 1.29 is 4.79 Å². The average molecular weight is 289 g/mol. The van der Waals surface area contributed by atoms with Crippen molar-refractivity contribution in [3.8, 4) is 0 Å². The minimum atomic E-state index is -0.00309. The number of hydrogen-bond donors (Lipinski definition) is 2. The minimum absolute atomic E-state index is 0. The molecule has 0 aromatic heterocycles. The van der Waals surface area contributed by atoms with Crippen LogP contribution in [0.3, 0.4) is 0 Å². The van der Waals surface area contributed by atoms with Crippen LogP contribution < -0.4 is 10.6 Å². The van der Waals surface area contributed by atoms with Crippen LogP contribution in [0.15, 0.2) is 18.2 Å². The molecule has 0 unspecified atom stereocenters. The summed E-state index contributed by atoms with van der Waals surface area (Å²) >= 11 is 5.94. The van der Waals surface area contributed by atoms with Gasteiger partial charge in [-0.2, -0.15) is 0 Å². The molecule has 1 aliphatic rings. The maximum atomic E-state index is 12.0. The molecule has 0 radical (unpaired) electrons. The molecule has 0 spiro atoms. The van der Waals surface area contributed by atoms with E-state index in [0.29, 0.717) is 16.6 Å². The molecule has 2 N–H and O–H groups in total. The Bertz CT molecular complexity index is 417. The van der Waals surface area contributed by atoms with E-state index in [2.05, 4.69) is 10.6 Å². The molecule has 1 aromatic carbocycles. The molecule has 5 heteroatoms. The van der Waals surface area contributed by atoms with Gasteiger partial charge in [-0.05, 0) is 56.6 Å². The van der Waals surface area contributed by atoms with Gasteiger partial charge in [0.2, 0.25) is 0 Å². The van der Waals surface area contributed by atoms with Crippen molar-refractivity contribution in [2.45, 2.75) is 25.8 Å². The predicted molar refractivity (Wildman–Crippen MR) is 76.8 cm³/mol. The molecule has 1 amide bonds. The first kappa shape index (κ1) is 15.3. The van der Waals surface area contributed by atoms with Crippen LogP contribution in [0.2, 0.25) is 5.02 Å². The summed E-state index contributed by atoms with van der Waals surface area (Å²) < 4.78 is 0. The lowest BCUT2D eigenvalue weighted by Crippen LogP contribution is -2.42. The number of carbonyl (C=O) groups is 1. The van der Waals surface area contributed by atoms with Crippen LogP contribution >= 0.6 is 24.0 Å². The monoisotopic (exact) mass is 288 g/mol. The van der Waals surface area contributed by atoms with Crippen molar-refractivity contribution in [3.05, 3.63) is 34.3 Å². The van der Waals surface area contributed by atoms with Gasteiger partial charge < -0.3 is 10.6 Å². The van der Waals surface area contributed by atoms with Crippen molar-refractivity contribution in [3.63, 3.8) is 0 Å². The molecule has 1 heterocycles. The van der Waals surface area contributed by atoms with Crippen LogP contribution in [0.25, 0.3) is 0 Å². The third kappa shape index (κ3) is 3.87. The third-order valence-corrected chi connectivity index (χ3v) is 3.52. The summed E-state index contributed by atoms with van der Waals surface area (Å²) in [4.78, 5) is 12.0. The fraction of sp³-hybridized carbons (Fsp3) is 0.462. The summed E-state index contributed by atoms with van der Waals surface area (Å²) in [6, 6.07) is 5.67. The lowest BCUT2D eigenvalue weighted by molar-refractivity contribution is 0.0929. The second-order valence-electron chi connectivity index (χ2n) is 4.46. The van der Waals surface area contributed by atoms with E-state index in [4.69, 9.17) is 11.6 Å². The van der Waals surface area contributed by atoms with Crippen molar-refractivity contribution in [1.82, 2.24) is 10.6 Å². The highest BCUT2D eigenvalue weighted by Crippen LogP contribution is 2.16. The Morgan fingerprint density at radius 3 is 2.67 bits per heavy atom. The van der Waals surface area contributed by atoms with Crippen LogP contribution in [0.4, 0.5) is 0 Å². The molecule has 3 nitrogen and oxygen atoms in total. The van der Waals surface area contributed by atoms with Gasteiger partial charge in [0.15, 0.2) is 0 Å². The number of aryl methyl sites for hydroxylation is 1. The van der Waals surface area contributed by atoms with Crippen LogP contribution in [0.1, 0.15) is 28.8 Å². The highest BCUT2D eigenvalue weighted by molar-refractivity contribution is 6.31. The molecular formula is C13H18Cl2N2O. The van der Waals surface area contributed by atoms with Crippen molar-refractivity contribution >= 4 is 29.9 Å². The molecule has 0 saturated carbocycles. The maximum Gasteiger partial charge on any atom is 0.251 e. The van der Waals surface area contributed by atoms with Crippen LogP contribution in [0.5, 0.6) is 0 Å². The van der Waals surface area contributed by atoms with Gasteiger partial charge in [0.25, 0.3) is 5.91 Å². The maximum absolute atomic E-state index is 12.0. The topological polar surface area (TPSA) is 41.1 Å². The normalized spacial score (nSPS) is 15.9. The first-order valence-corrected chi connectivity index (χ1v) is 6.32. The molecule has 1 fully saturated rings. The number of rotatable bonds is 2. The van der Waals surface area contributed by atoms with Crippen LogP contribution in [0, 0.1) is 6.92 Å². The summed E-state index contributed by atoms with van der Waals surface area (Å²) in [5.74, 6) is -0.00309. The zero-order valence-electron chi connectivity index (χ0n) is 10.3. The van der Waals surface area contributed by atoms with E-state index in [1.807, 2.05) is 13.0 Å². The van der Waals surface area contributed by atoms with E-state index in [9.17, 15) is 4.79 Å². The van der Waals surface area contributed by atoms with Gasteiger partial charge in [-0.3, -0.25) is 4.79 Å². The number of hydrogen-bond acceptors (Lipinski definition) is 2. The Morgan fingerprint density at radius 2 is 2.06 bits per heavy atom. The molecule has 18 heavy (non-hydrogen) atoms. The SMILES string of the molecule is Cc1cc(C(=O)NC2CCNCC2)ccc1Cl.Cl. The Hall–Kier alpha value is -0.770. The van der Waals surface area contributed by atoms with E-state index in [1.54, 1.807) is 12.1 Å². The van der Waals surface area contributed by atoms with Crippen molar-refractivity contribution in [2.75, 3.05) is 13.1 Å². The quantitative estimate of drug-likeness (QED) is 0.878. The second-order valence-corrected chi connectivity index (χ2v) is 4.87. The molecule has 0 atom stereocenters. The zero-order chi connectivity index (χ0) is 12.3. The Balaban J connectivity index is 0.00000162. The molecule has 1 saturated heterocycles. The minimum Gasteiger partial charge on any atom is -0.349 e. The molecule has 100 valence electrons. The van der Waals surface area contributed by atoms with Gasteiger partial charge in [-0.1, -0.05) is 11.6 Å². The van der Waals surface area contributed by atoms with E-state index >= 15 is 0 Å². The molecule has 0 bridgehead atoms. The Morgan fingerprint density at radius 1 is 1.39 bits per heavy atom. The number of halogens is 2. The van der Waals surface area contributed by atoms with Gasteiger partial charge in [0.1, 0.15) is 0 Å². The number of carbonyl (C=O) groups excluding carboxylic acids is 1. The van der Waals surface area contributed by atoms with Gasteiger partial charge in [0, 0.05) is 16.6 Å². The smallest absolute Gasteiger partial charge is 0.251 e. The van der Waals surface area contributed by atoms with Gasteiger partial charge >= 0.3 is 0 Å². The third-order valence-electron chi connectivity index (χ3n) is 3.09. The molecule has 1 aliphatic heterocycles. The molecular weight excluding hydrogens is 271 g/mol. The number of nitrogens with one attached hydrogen (secondary N) is 2. The molecule has 2 rings (SSSR count). The highest BCUT2D eigenvalue weighted by atomic mass is 35.5. The summed E-state index contributed by atoms with van der Waals surface area (Å²) in [6.45, 7) is 3.86. The van der Waals surface area contributed by atoms with Crippen LogP contribution in [-0.2, 0) is 0 Å². The molecule has 0 aliphatic carbocycles. The Labute approximate surface area is 119 Å². The summed E-state index contributed by atoms with van der Waals surface area (Å²) in [6.07, 6.45) is 2.00. The van der Waals surface area contributed by atoms with Gasteiger partial charge in [-0.25, -0.2) is 0 Å². The standard InChI is InChI=1S/C13H17ClN2O.ClH/c1-9-8-10(2-3-12(9)14)13(17)16-11-4-6-15-7-5-11;/h2-3,8,11,15H,4-7H2,1H3,(H,16,17);1H. The predicted octanol–water partition coefficient (Wildman–Crippen LogP) is 2.55. The highest BCUT2D eigenvalue weighted by Gasteiger charge is 2.16. The van der Waals surface area contributed by atoms with Gasteiger partial charge in [-0.15, -0.1) is 12.4 Å². The number of amides is 1. The fourth-order valence-corrected chi connectivity index (χ4v) is 2.14. The van der Waals surface area contributed by atoms with E-state index in [-0.39, 0.29) is 18.3 Å². The second kappa shape index (κ2) is 6.98. The lowest BCUT2D eigenvalue weighted by atomic mass is 10.1. The lowest BCUT2D eigenvalue weighted by Gasteiger charge is -2.23. The number of benzene rings is 1. The molecule has 1 aromatic rings. The summed E-state index contributed by atoms with van der Waals surface area (Å²) in [7, 11) is 0. The average Bonchev–Trinajstić information content (AvgIpc) is 2.34. The van der Waals surface area contributed by atoms with Crippen molar-refractivity contribution in [1.29, 1.82) is 0 Å².